The molecule has 0 radical (unpaired) electrons. The van der Waals surface area contributed by atoms with E-state index in [1.807, 2.05) is 37.3 Å². The van der Waals surface area contributed by atoms with Crippen molar-refractivity contribution in [1.29, 1.82) is 0 Å². The first kappa shape index (κ1) is 19.6. The van der Waals surface area contributed by atoms with Crippen LogP contribution >= 0.6 is 0 Å². The topological polar surface area (TPSA) is 56.8 Å². The predicted octanol–water partition coefficient (Wildman–Crippen LogP) is 4.15. The van der Waals surface area contributed by atoms with Crippen molar-refractivity contribution in [3.8, 4) is 17.2 Å². The largest absolute Gasteiger partial charge is 0.493 e. The number of amides is 1. The Morgan fingerprint density at radius 1 is 1.04 bits per heavy atom. The van der Waals surface area contributed by atoms with Crippen LogP contribution in [0.1, 0.15) is 30.0 Å². The molecule has 2 aromatic rings. The van der Waals surface area contributed by atoms with E-state index in [0.717, 1.165) is 28.8 Å². The SMILES string of the molecule is CCc1cccc(C)c1NC(=O)CCc1cc(OC)c(OC)c(OC)c1. The van der Waals surface area contributed by atoms with Crippen LogP contribution in [0.4, 0.5) is 5.69 Å². The molecule has 0 spiro atoms. The molecule has 2 rings (SSSR count). The summed E-state index contributed by atoms with van der Waals surface area (Å²) in [5.74, 6) is 1.72. The van der Waals surface area contributed by atoms with Gasteiger partial charge in [-0.05, 0) is 48.6 Å². The average Bonchev–Trinajstić information content (AvgIpc) is 2.66. The molecule has 0 bridgehead atoms. The normalized spacial score (nSPS) is 10.3. The van der Waals surface area contributed by atoms with Crippen LogP contribution in [0.5, 0.6) is 17.2 Å². The molecule has 0 aliphatic carbocycles. The monoisotopic (exact) mass is 357 g/mol. The fourth-order valence-corrected chi connectivity index (χ4v) is 2.94. The van der Waals surface area contributed by atoms with E-state index in [4.69, 9.17) is 14.2 Å². The molecule has 1 amide bonds. The van der Waals surface area contributed by atoms with E-state index in [1.54, 1.807) is 21.3 Å². The predicted molar refractivity (Wildman–Crippen MR) is 104 cm³/mol. The highest BCUT2D eigenvalue weighted by atomic mass is 16.5. The van der Waals surface area contributed by atoms with Crippen LogP contribution in [-0.2, 0) is 17.6 Å². The molecule has 5 nitrogen and oxygen atoms in total. The van der Waals surface area contributed by atoms with Gasteiger partial charge in [-0.2, -0.15) is 0 Å². The molecular formula is C21H27NO4. The summed E-state index contributed by atoms with van der Waals surface area (Å²) in [5.41, 5.74) is 4.09. The second-order valence-electron chi connectivity index (χ2n) is 6.04. The van der Waals surface area contributed by atoms with Crippen LogP contribution in [0.3, 0.4) is 0 Å². The van der Waals surface area contributed by atoms with Crippen LogP contribution in [0.15, 0.2) is 30.3 Å². The molecule has 0 aliphatic rings. The van der Waals surface area contributed by atoms with Gasteiger partial charge < -0.3 is 19.5 Å². The number of anilines is 1. The van der Waals surface area contributed by atoms with E-state index in [9.17, 15) is 4.79 Å². The minimum absolute atomic E-state index is 0.0113. The molecule has 0 saturated heterocycles. The Hall–Kier alpha value is -2.69. The fourth-order valence-electron chi connectivity index (χ4n) is 2.94. The highest BCUT2D eigenvalue weighted by molar-refractivity contribution is 5.92. The summed E-state index contributed by atoms with van der Waals surface area (Å²) in [5, 5.41) is 3.05. The number of hydrogen-bond acceptors (Lipinski definition) is 4. The number of carbonyl (C=O) groups excluding carboxylic acids is 1. The number of benzene rings is 2. The molecule has 1 N–H and O–H groups in total. The second kappa shape index (κ2) is 9.13. The number of carbonyl (C=O) groups is 1. The number of hydrogen-bond donors (Lipinski definition) is 1. The number of methoxy groups -OCH3 is 3. The number of para-hydroxylation sites is 1. The second-order valence-corrected chi connectivity index (χ2v) is 6.04. The summed E-state index contributed by atoms with van der Waals surface area (Å²) in [6, 6.07) is 9.81. The van der Waals surface area contributed by atoms with Gasteiger partial charge in [-0.15, -0.1) is 0 Å². The molecule has 0 unspecified atom stereocenters. The van der Waals surface area contributed by atoms with Gasteiger partial charge in [0.1, 0.15) is 0 Å². The number of rotatable bonds is 8. The van der Waals surface area contributed by atoms with Crippen LogP contribution < -0.4 is 19.5 Å². The lowest BCUT2D eigenvalue weighted by atomic mass is 10.0. The highest BCUT2D eigenvalue weighted by Crippen LogP contribution is 2.38. The minimum Gasteiger partial charge on any atom is -0.493 e. The summed E-state index contributed by atoms with van der Waals surface area (Å²) in [6.45, 7) is 4.09. The lowest BCUT2D eigenvalue weighted by Crippen LogP contribution is -2.14. The molecule has 140 valence electrons. The maximum absolute atomic E-state index is 12.4. The number of aryl methyl sites for hydroxylation is 3. The standard InChI is InChI=1S/C21H27NO4/c1-6-16-9-7-8-14(2)20(16)22-19(23)11-10-15-12-17(24-3)21(26-5)18(13-15)25-4/h7-9,12-13H,6,10-11H2,1-5H3,(H,22,23). The third kappa shape index (κ3) is 4.48. The maximum Gasteiger partial charge on any atom is 0.224 e. The quantitative estimate of drug-likeness (QED) is 0.771. The zero-order valence-corrected chi connectivity index (χ0v) is 16.1. The molecular weight excluding hydrogens is 330 g/mol. The van der Waals surface area contributed by atoms with Crippen LogP contribution in [0.25, 0.3) is 0 Å². The molecule has 0 heterocycles. The first-order valence-electron chi connectivity index (χ1n) is 8.71. The van der Waals surface area contributed by atoms with Crippen molar-refractivity contribution in [1.82, 2.24) is 0 Å². The molecule has 0 aromatic heterocycles. The van der Waals surface area contributed by atoms with Gasteiger partial charge in [0.15, 0.2) is 11.5 Å². The van der Waals surface area contributed by atoms with Crippen molar-refractivity contribution in [2.24, 2.45) is 0 Å². The molecule has 2 aromatic carbocycles. The Balaban J connectivity index is 2.10. The van der Waals surface area contributed by atoms with E-state index < -0.39 is 0 Å². The summed E-state index contributed by atoms with van der Waals surface area (Å²) in [4.78, 5) is 12.4. The van der Waals surface area contributed by atoms with E-state index >= 15 is 0 Å². The molecule has 0 aliphatic heterocycles. The smallest absolute Gasteiger partial charge is 0.224 e. The number of ether oxygens (including phenoxy) is 3. The van der Waals surface area contributed by atoms with Gasteiger partial charge in [0.05, 0.1) is 21.3 Å². The van der Waals surface area contributed by atoms with Crippen LogP contribution in [0.2, 0.25) is 0 Å². The summed E-state index contributed by atoms with van der Waals surface area (Å²) in [6.07, 6.45) is 1.83. The lowest BCUT2D eigenvalue weighted by molar-refractivity contribution is -0.116. The van der Waals surface area contributed by atoms with Crippen molar-refractivity contribution < 1.29 is 19.0 Å². The Bertz CT molecular complexity index is 746. The third-order valence-electron chi connectivity index (χ3n) is 4.37. The molecule has 0 atom stereocenters. The Morgan fingerprint density at radius 2 is 1.69 bits per heavy atom. The van der Waals surface area contributed by atoms with Gasteiger partial charge in [-0.25, -0.2) is 0 Å². The van der Waals surface area contributed by atoms with Gasteiger partial charge in [-0.1, -0.05) is 25.1 Å². The lowest BCUT2D eigenvalue weighted by Gasteiger charge is -2.15. The van der Waals surface area contributed by atoms with Crippen LogP contribution in [-0.4, -0.2) is 27.2 Å². The Labute approximate surface area is 155 Å². The molecule has 0 saturated carbocycles. The van der Waals surface area contributed by atoms with Crippen molar-refractivity contribution in [3.63, 3.8) is 0 Å². The fraction of sp³-hybridized carbons (Fsp3) is 0.381. The maximum atomic E-state index is 12.4. The van der Waals surface area contributed by atoms with Crippen molar-refractivity contribution in [2.75, 3.05) is 26.6 Å². The molecule has 0 fully saturated rings. The van der Waals surface area contributed by atoms with Gasteiger partial charge in [0.25, 0.3) is 0 Å². The first-order valence-corrected chi connectivity index (χ1v) is 8.71. The van der Waals surface area contributed by atoms with E-state index in [0.29, 0.717) is 30.1 Å². The van der Waals surface area contributed by atoms with Crippen molar-refractivity contribution in [2.45, 2.75) is 33.1 Å². The zero-order chi connectivity index (χ0) is 19.1. The Morgan fingerprint density at radius 3 is 2.23 bits per heavy atom. The van der Waals surface area contributed by atoms with Gasteiger partial charge >= 0.3 is 0 Å². The zero-order valence-electron chi connectivity index (χ0n) is 16.1. The van der Waals surface area contributed by atoms with Gasteiger partial charge in [0, 0.05) is 12.1 Å². The molecule has 26 heavy (non-hydrogen) atoms. The van der Waals surface area contributed by atoms with E-state index in [2.05, 4.69) is 12.2 Å². The van der Waals surface area contributed by atoms with Crippen LogP contribution in [0, 0.1) is 6.92 Å². The molecule has 5 heteroatoms. The van der Waals surface area contributed by atoms with Gasteiger partial charge in [-0.3, -0.25) is 4.79 Å². The average molecular weight is 357 g/mol. The number of nitrogens with one attached hydrogen (secondary N) is 1. The summed E-state index contributed by atoms with van der Waals surface area (Å²) >= 11 is 0. The highest BCUT2D eigenvalue weighted by Gasteiger charge is 2.14. The van der Waals surface area contributed by atoms with Crippen molar-refractivity contribution in [3.05, 3.63) is 47.0 Å². The summed E-state index contributed by atoms with van der Waals surface area (Å²) < 4.78 is 16.1. The minimum atomic E-state index is -0.0113. The van der Waals surface area contributed by atoms with Gasteiger partial charge in [0.2, 0.25) is 11.7 Å². The Kier molecular flexibility index (Phi) is 6.89. The first-order chi connectivity index (χ1) is 12.5. The third-order valence-corrected chi connectivity index (χ3v) is 4.37. The van der Waals surface area contributed by atoms with E-state index in [1.165, 1.54) is 0 Å². The summed E-state index contributed by atoms with van der Waals surface area (Å²) in [7, 11) is 4.73. The van der Waals surface area contributed by atoms with E-state index in [-0.39, 0.29) is 5.91 Å². The van der Waals surface area contributed by atoms with Crippen molar-refractivity contribution >= 4 is 11.6 Å².